The van der Waals surface area contributed by atoms with Crippen LogP contribution in [0.2, 0.25) is 0 Å². The average Bonchev–Trinajstić information content (AvgIpc) is 3.58. The highest BCUT2D eigenvalue weighted by Gasteiger charge is 2.38. The predicted octanol–water partition coefficient (Wildman–Crippen LogP) is 4.43. The summed E-state index contributed by atoms with van der Waals surface area (Å²) >= 11 is 1.52. The van der Waals surface area contributed by atoms with E-state index in [2.05, 4.69) is 21.9 Å². The van der Waals surface area contributed by atoms with E-state index >= 15 is 0 Å². The van der Waals surface area contributed by atoms with Crippen LogP contribution < -0.4 is 10.9 Å². The zero-order valence-electron chi connectivity index (χ0n) is 22.5. The van der Waals surface area contributed by atoms with Gasteiger partial charge < -0.3 is 20.1 Å². The number of carbonyl (C=O) groups is 3. The van der Waals surface area contributed by atoms with Gasteiger partial charge in [-0.05, 0) is 57.2 Å². The first-order valence-electron chi connectivity index (χ1n) is 12.6. The fourth-order valence-electron chi connectivity index (χ4n) is 3.99. The Bertz CT molecular complexity index is 1380. The molecule has 3 aromatic rings. The maximum Gasteiger partial charge on any atom is 0.410 e. The number of H-pyrrole nitrogens is 1. The smallest absolute Gasteiger partial charge is 0.410 e. The van der Waals surface area contributed by atoms with Crippen molar-refractivity contribution < 1.29 is 24.2 Å². The number of benzene rings is 1. The molecule has 1 aromatic carbocycles. The molecule has 1 saturated heterocycles. The number of nitrogens with zero attached hydrogens (tertiary/aromatic N) is 2. The number of aromatic amines is 1. The van der Waals surface area contributed by atoms with Crippen molar-refractivity contribution in [1.82, 2.24) is 20.2 Å². The van der Waals surface area contributed by atoms with E-state index in [1.165, 1.54) is 22.3 Å². The molecule has 4 rings (SSSR count). The molecule has 2 aromatic heterocycles. The summed E-state index contributed by atoms with van der Waals surface area (Å²) in [5.41, 5.74) is 1.29. The number of aliphatic carboxylic acids is 1. The molecule has 1 aliphatic rings. The second-order valence-electron chi connectivity index (χ2n) is 10.2. The van der Waals surface area contributed by atoms with Crippen LogP contribution in [-0.2, 0) is 14.3 Å². The minimum Gasteiger partial charge on any atom is -0.480 e. The Balaban J connectivity index is 0.000000228. The van der Waals surface area contributed by atoms with E-state index in [4.69, 9.17) is 4.74 Å². The highest BCUT2D eigenvalue weighted by molar-refractivity contribution is 7.13. The zero-order chi connectivity index (χ0) is 28.7. The molecule has 3 N–H and O–H groups in total. The van der Waals surface area contributed by atoms with Crippen LogP contribution in [-0.4, -0.2) is 62.2 Å². The fraction of sp³-hybridized carbons (Fsp3) is 0.393. The number of thiophene rings is 1. The molecule has 2 amide bonds. The van der Waals surface area contributed by atoms with Crippen LogP contribution >= 0.6 is 11.3 Å². The van der Waals surface area contributed by atoms with Crippen molar-refractivity contribution >= 4 is 40.3 Å². The van der Waals surface area contributed by atoms with Gasteiger partial charge in [0.2, 0.25) is 5.91 Å². The summed E-state index contributed by atoms with van der Waals surface area (Å²) in [4.78, 5) is 57.2. The number of ether oxygens (including phenoxy) is 1. The first kappa shape index (κ1) is 29.6. The summed E-state index contributed by atoms with van der Waals surface area (Å²) in [6, 6.07) is 9.57. The normalized spacial score (nSPS) is 16.5. The molecule has 0 aliphatic carbocycles. The number of hydrogen-bond acceptors (Lipinski definition) is 7. The summed E-state index contributed by atoms with van der Waals surface area (Å²) in [6.45, 7) is 10.9. The van der Waals surface area contributed by atoms with Crippen LogP contribution in [0.5, 0.6) is 0 Å². The predicted molar refractivity (Wildman–Crippen MR) is 151 cm³/mol. The van der Waals surface area contributed by atoms with Gasteiger partial charge in [-0.15, -0.1) is 17.9 Å². The SMILES string of the molecule is C=CC(C)C(NC(=O)C1CCCN1C(=O)OC(C)(C)C)C(=O)O.O=c1[nH]c2ccccc2nc1-c1cccs1. The first-order valence-corrected chi connectivity index (χ1v) is 13.5. The molecular weight excluding hydrogens is 520 g/mol. The number of rotatable bonds is 6. The van der Waals surface area contributed by atoms with Gasteiger partial charge in [0.05, 0.1) is 15.9 Å². The monoisotopic (exact) mass is 554 g/mol. The number of amides is 2. The first-order chi connectivity index (χ1) is 18.4. The van der Waals surface area contributed by atoms with Crippen LogP contribution in [0.25, 0.3) is 21.6 Å². The van der Waals surface area contributed by atoms with E-state index in [-0.39, 0.29) is 5.56 Å². The van der Waals surface area contributed by atoms with Crippen molar-refractivity contribution in [1.29, 1.82) is 0 Å². The molecule has 3 atom stereocenters. The molecule has 3 unspecified atom stereocenters. The Morgan fingerprint density at radius 1 is 1.26 bits per heavy atom. The lowest BCUT2D eigenvalue weighted by molar-refractivity contribution is -0.143. The molecule has 10 nitrogen and oxygen atoms in total. The molecule has 0 radical (unpaired) electrons. The number of carboxylic acid groups (broad SMARTS) is 1. The molecule has 0 saturated carbocycles. The molecule has 0 spiro atoms. The number of para-hydroxylation sites is 2. The fourth-order valence-corrected chi connectivity index (χ4v) is 4.70. The number of carboxylic acids is 1. The highest BCUT2D eigenvalue weighted by Crippen LogP contribution is 2.22. The summed E-state index contributed by atoms with van der Waals surface area (Å²) in [5, 5.41) is 13.7. The summed E-state index contributed by atoms with van der Waals surface area (Å²) in [7, 11) is 0. The maximum absolute atomic E-state index is 12.4. The third kappa shape index (κ3) is 7.76. The summed E-state index contributed by atoms with van der Waals surface area (Å²) < 4.78 is 5.30. The number of carbonyl (C=O) groups excluding carboxylic acids is 2. The third-order valence-electron chi connectivity index (χ3n) is 6.00. The molecule has 1 fully saturated rings. The van der Waals surface area contributed by atoms with Crippen LogP contribution in [0.15, 0.2) is 59.2 Å². The Morgan fingerprint density at radius 2 is 1.97 bits per heavy atom. The van der Waals surface area contributed by atoms with Gasteiger partial charge in [-0.1, -0.05) is 31.2 Å². The lowest BCUT2D eigenvalue weighted by Gasteiger charge is -2.29. The van der Waals surface area contributed by atoms with E-state index in [1.54, 1.807) is 27.7 Å². The van der Waals surface area contributed by atoms with Gasteiger partial charge in [-0.3, -0.25) is 14.5 Å². The van der Waals surface area contributed by atoms with Crippen molar-refractivity contribution in [2.45, 2.75) is 58.2 Å². The van der Waals surface area contributed by atoms with Gasteiger partial charge in [0.1, 0.15) is 23.4 Å². The van der Waals surface area contributed by atoms with Crippen molar-refractivity contribution in [2.75, 3.05) is 6.54 Å². The van der Waals surface area contributed by atoms with E-state index in [1.807, 2.05) is 41.8 Å². The minimum absolute atomic E-state index is 0.138. The van der Waals surface area contributed by atoms with Gasteiger partial charge in [-0.25, -0.2) is 14.6 Å². The second-order valence-corrected chi connectivity index (χ2v) is 11.1. The quantitative estimate of drug-likeness (QED) is 0.383. The zero-order valence-corrected chi connectivity index (χ0v) is 23.3. The lowest BCUT2D eigenvalue weighted by Crippen LogP contribution is -2.53. The number of likely N-dealkylation sites (tertiary alicyclic amines) is 1. The van der Waals surface area contributed by atoms with Gasteiger partial charge in [0.25, 0.3) is 5.56 Å². The topological polar surface area (TPSA) is 142 Å². The van der Waals surface area contributed by atoms with Crippen molar-refractivity contribution in [3.8, 4) is 10.6 Å². The van der Waals surface area contributed by atoms with E-state index in [9.17, 15) is 24.3 Å². The van der Waals surface area contributed by atoms with Gasteiger partial charge in [-0.2, -0.15) is 0 Å². The van der Waals surface area contributed by atoms with Crippen LogP contribution in [0.3, 0.4) is 0 Å². The van der Waals surface area contributed by atoms with E-state index in [0.717, 1.165) is 15.9 Å². The van der Waals surface area contributed by atoms with Gasteiger partial charge >= 0.3 is 12.1 Å². The minimum atomic E-state index is -1.13. The van der Waals surface area contributed by atoms with Crippen LogP contribution in [0.1, 0.15) is 40.5 Å². The Labute approximate surface area is 230 Å². The van der Waals surface area contributed by atoms with Crippen molar-refractivity contribution in [3.05, 3.63) is 64.8 Å². The summed E-state index contributed by atoms with van der Waals surface area (Å²) in [5.74, 6) is -2.03. The summed E-state index contributed by atoms with van der Waals surface area (Å²) in [6.07, 6.45) is 2.07. The number of hydrogen-bond donors (Lipinski definition) is 3. The van der Waals surface area contributed by atoms with Crippen LogP contribution in [0, 0.1) is 5.92 Å². The molecule has 208 valence electrons. The lowest BCUT2D eigenvalue weighted by atomic mass is 10.0. The van der Waals surface area contributed by atoms with E-state index in [0.29, 0.717) is 25.1 Å². The van der Waals surface area contributed by atoms with Crippen molar-refractivity contribution in [2.24, 2.45) is 5.92 Å². The number of nitrogens with one attached hydrogen (secondary N) is 2. The molecule has 11 heteroatoms. The third-order valence-corrected chi connectivity index (χ3v) is 6.88. The van der Waals surface area contributed by atoms with Crippen molar-refractivity contribution in [3.63, 3.8) is 0 Å². The molecule has 3 heterocycles. The Kier molecular flexibility index (Phi) is 9.63. The Morgan fingerprint density at radius 3 is 2.59 bits per heavy atom. The number of fused-ring (bicyclic) bond motifs is 1. The average molecular weight is 555 g/mol. The largest absolute Gasteiger partial charge is 0.480 e. The molecule has 39 heavy (non-hydrogen) atoms. The van der Waals surface area contributed by atoms with Gasteiger partial charge in [0, 0.05) is 12.5 Å². The van der Waals surface area contributed by atoms with Gasteiger partial charge in [0.15, 0.2) is 0 Å². The molecular formula is C28H34N4O6S. The molecule has 1 aliphatic heterocycles. The highest BCUT2D eigenvalue weighted by atomic mass is 32.1. The van der Waals surface area contributed by atoms with E-state index < -0.39 is 41.6 Å². The second kappa shape index (κ2) is 12.7. The Hall–Kier alpha value is -3.99. The standard InChI is InChI=1S/C16H26N2O5.C12H8N2OS/c1-6-10(2)12(14(20)21)17-13(19)11-8-7-9-18(11)15(22)23-16(3,4)5;15-12-11(10-6-3-7-16-10)13-8-4-1-2-5-9(8)14-12/h6,10-12H,1,7-9H2,2-5H3,(H,17,19)(H,20,21);1-7H,(H,14,15). The number of aromatic nitrogens is 2. The maximum atomic E-state index is 12.4. The van der Waals surface area contributed by atoms with Crippen LogP contribution in [0.4, 0.5) is 4.79 Å². The molecule has 0 bridgehead atoms.